The van der Waals surface area contributed by atoms with Gasteiger partial charge in [0.25, 0.3) is 0 Å². The molecule has 0 radical (unpaired) electrons. The average Bonchev–Trinajstić information content (AvgIpc) is 3.71. The molecule has 0 aliphatic carbocycles. The standard InChI is InChI=1S/C27H21N7O2/c1-3-16-5-22(35-13-16)18-7-24(29-9-18)33-26-20-11-28-12-21(20)27(32-15-31-26)34-25-8-19(10-30-25)23-6-17(4-2)14-36-23/h3-15,28-30H,1-2H2,(H,31,32,33,34). The van der Waals surface area contributed by atoms with Gasteiger partial charge in [-0.25, -0.2) is 15.0 Å². The number of H-pyrrole nitrogens is 3. The molecule has 0 bridgehead atoms. The maximum atomic E-state index is 5.61. The predicted molar refractivity (Wildman–Crippen MR) is 140 cm³/mol. The van der Waals surface area contributed by atoms with Gasteiger partial charge in [-0.2, -0.15) is 0 Å². The van der Waals surface area contributed by atoms with Crippen molar-refractivity contribution in [2.45, 2.75) is 0 Å². The molecule has 6 aromatic heterocycles. The van der Waals surface area contributed by atoms with Gasteiger partial charge in [-0.3, -0.25) is 0 Å². The molecule has 6 rings (SSSR count). The van der Waals surface area contributed by atoms with Crippen LogP contribution in [0.2, 0.25) is 0 Å². The fraction of sp³-hybridized carbons (Fsp3) is 0. The van der Waals surface area contributed by atoms with Crippen molar-refractivity contribution in [3.8, 4) is 22.6 Å². The molecule has 4 N–H and O–H groups in total. The molecule has 0 fully saturated rings. The summed E-state index contributed by atoms with van der Waals surface area (Å²) in [5, 5.41) is 4.98. The lowest BCUT2D eigenvalue weighted by Crippen LogP contribution is -2.03. The van der Waals surface area contributed by atoms with E-state index in [1.807, 2.05) is 49.1 Å². The van der Waals surface area contributed by atoms with Gasteiger partial charge in [0.1, 0.15) is 35.3 Å². The van der Waals surface area contributed by atoms with Crippen molar-refractivity contribution < 1.29 is 8.83 Å². The largest absolute Gasteiger partial charge is 0.464 e. The van der Waals surface area contributed by atoms with Gasteiger partial charge in [0, 0.05) is 57.8 Å². The van der Waals surface area contributed by atoms with E-state index in [9.17, 15) is 0 Å². The Kier molecular flexibility index (Phi) is 5.19. The molecule has 0 saturated heterocycles. The second kappa shape index (κ2) is 8.80. The Morgan fingerprint density at radius 1 is 0.806 bits per heavy atom. The van der Waals surface area contributed by atoms with E-state index in [4.69, 9.17) is 13.8 Å². The molecule has 0 unspecified atom stereocenters. The smallest absolute Gasteiger partial charge is 0.165 e. The van der Waals surface area contributed by atoms with Gasteiger partial charge in [0.2, 0.25) is 0 Å². The maximum Gasteiger partial charge on any atom is 0.165 e. The van der Waals surface area contributed by atoms with Crippen LogP contribution in [0.1, 0.15) is 11.1 Å². The SMILES string of the molecule is C=Cc1coc(-c2c[nH]c(/N=c3\ncnc(Nc4cc(-c5cc(C=C)co5)c[nH]4)c4c[nH]cc34)c2)c1. The van der Waals surface area contributed by atoms with Crippen molar-refractivity contribution >= 4 is 40.4 Å². The fourth-order valence-electron chi connectivity index (χ4n) is 3.87. The second-order valence-corrected chi connectivity index (χ2v) is 8.04. The molecule has 0 amide bonds. The van der Waals surface area contributed by atoms with Crippen LogP contribution in [-0.2, 0) is 0 Å². The normalized spacial score (nSPS) is 11.7. The van der Waals surface area contributed by atoms with E-state index in [1.165, 1.54) is 6.33 Å². The number of rotatable bonds is 7. The molecule has 9 heteroatoms. The summed E-state index contributed by atoms with van der Waals surface area (Å²) in [4.78, 5) is 23.2. The third kappa shape index (κ3) is 3.94. The number of anilines is 2. The quantitative estimate of drug-likeness (QED) is 0.213. The van der Waals surface area contributed by atoms with E-state index in [1.54, 1.807) is 24.7 Å². The first-order valence-electron chi connectivity index (χ1n) is 11.1. The Morgan fingerprint density at radius 3 is 2.22 bits per heavy atom. The number of nitrogens with zero attached hydrogens (tertiary/aromatic N) is 3. The van der Waals surface area contributed by atoms with Gasteiger partial charge < -0.3 is 29.1 Å². The Hall–Kier alpha value is -5.31. The van der Waals surface area contributed by atoms with Crippen LogP contribution in [0.3, 0.4) is 0 Å². The van der Waals surface area contributed by atoms with Crippen LogP contribution in [0.4, 0.5) is 17.5 Å². The summed E-state index contributed by atoms with van der Waals surface area (Å²) < 4.78 is 11.2. The summed E-state index contributed by atoms with van der Waals surface area (Å²) in [5.41, 5.74) is 4.15. The van der Waals surface area contributed by atoms with Gasteiger partial charge in [-0.15, -0.1) is 0 Å². The second-order valence-electron chi connectivity index (χ2n) is 8.04. The van der Waals surface area contributed by atoms with Crippen molar-refractivity contribution in [1.82, 2.24) is 24.9 Å². The Bertz CT molecular complexity index is 1780. The minimum atomic E-state index is 0.520. The Labute approximate surface area is 205 Å². The number of aromatic nitrogens is 5. The molecular formula is C27H21N7O2. The van der Waals surface area contributed by atoms with Crippen molar-refractivity contribution in [1.29, 1.82) is 0 Å². The van der Waals surface area contributed by atoms with E-state index in [0.29, 0.717) is 17.1 Å². The predicted octanol–water partition coefficient (Wildman–Crippen LogP) is 6.40. The first kappa shape index (κ1) is 21.2. The van der Waals surface area contributed by atoms with Gasteiger partial charge >= 0.3 is 0 Å². The van der Waals surface area contributed by atoms with Crippen LogP contribution < -0.4 is 10.8 Å². The first-order chi connectivity index (χ1) is 17.7. The molecule has 0 aromatic carbocycles. The Balaban J connectivity index is 1.32. The topological polar surface area (TPSA) is 124 Å². The summed E-state index contributed by atoms with van der Waals surface area (Å²) >= 11 is 0. The van der Waals surface area contributed by atoms with Gasteiger partial charge in [-0.1, -0.05) is 25.3 Å². The lowest BCUT2D eigenvalue weighted by atomic mass is 10.2. The summed E-state index contributed by atoms with van der Waals surface area (Å²) in [6, 6.07) is 7.70. The van der Waals surface area contributed by atoms with Crippen LogP contribution in [-0.4, -0.2) is 24.9 Å². The van der Waals surface area contributed by atoms with Crippen molar-refractivity contribution in [2.75, 3.05) is 5.32 Å². The van der Waals surface area contributed by atoms with E-state index < -0.39 is 0 Å². The van der Waals surface area contributed by atoms with Crippen LogP contribution in [0.25, 0.3) is 45.6 Å². The highest BCUT2D eigenvalue weighted by molar-refractivity contribution is 5.91. The molecule has 36 heavy (non-hydrogen) atoms. The molecule has 0 aliphatic rings. The average molecular weight is 476 g/mol. The zero-order chi connectivity index (χ0) is 24.5. The summed E-state index contributed by atoms with van der Waals surface area (Å²) in [6.45, 7) is 7.53. The van der Waals surface area contributed by atoms with E-state index in [-0.39, 0.29) is 0 Å². The van der Waals surface area contributed by atoms with Crippen molar-refractivity contribution in [2.24, 2.45) is 4.99 Å². The van der Waals surface area contributed by atoms with Gasteiger partial charge in [0.15, 0.2) is 5.49 Å². The monoisotopic (exact) mass is 475 g/mol. The zero-order valence-electron chi connectivity index (χ0n) is 19.1. The molecule has 176 valence electrons. The molecule has 0 atom stereocenters. The van der Waals surface area contributed by atoms with Crippen molar-refractivity contribution in [3.63, 3.8) is 0 Å². The molecule has 6 aromatic rings. The van der Waals surface area contributed by atoms with Crippen LogP contribution >= 0.6 is 0 Å². The van der Waals surface area contributed by atoms with Crippen LogP contribution in [0.15, 0.2) is 94.9 Å². The Morgan fingerprint density at radius 2 is 1.50 bits per heavy atom. The zero-order valence-corrected chi connectivity index (χ0v) is 19.1. The number of aromatic amines is 3. The minimum absolute atomic E-state index is 0.520. The molecule has 9 nitrogen and oxygen atoms in total. The summed E-state index contributed by atoms with van der Waals surface area (Å²) in [7, 11) is 0. The highest BCUT2D eigenvalue weighted by Gasteiger charge is 2.10. The summed E-state index contributed by atoms with van der Waals surface area (Å²) in [6.07, 6.45) is 15.7. The molecule has 0 saturated carbocycles. The molecule has 6 heterocycles. The summed E-state index contributed by atoms with van der Waals surface area (Å²) in [5.74, 6) is 3.50. The molecular weight excluding hydrogens is 454 g/mol. The van der Waals surface area contributed by atoms with E-state index >= 15 is 0 Å². The number of hydrogen-bond acceptors (Lipinski definition) is 6. The molecule has 0 aliphatic heterocycles. The first-order valence-corrected chi connectivity index (χ1v) is 11.1. The lowest BCUT2D eigenvalue weighted by Gasteiger charge is -2.00. The van der Waals surface area contributed by atoms with E-state index in [2.05, 4.69) is 43.4 Å². The van der Waals surface area contributed by atoms with E-state index in [0.717, 1.165) is 50.4 Å². The third-order valence-corrected chi connectivity index (χ3v) is 5.72. The highest BCUT2D eigenvalue weighted by atomic mass is 16.3. The third-order valence-electron chi connectivity index (χ3n) is 5.72. The van der Waals surface area contributed by atoms with Crippen molar-refractivity contribution in [3.05, 3.63) is 97.7 Å². The molecule has 0 spiro atoms. The lowest BCUT2D eigenvalue weighted by molar-refractivity contribution is 0.581. The number of hydrogen-bond donors (Lipinski definition) is 4. The maximum absolute atomic E-state index is 5.61. The number of furan rings is 2. The van der Waals surface area contributed by atoms with Crippen LogP contribution in [0.5, 0.6) is 0 Å². The number of fused-ring (bicyclic) bond motifs is 1. The van der Waals surface area contributed by atoms with Gasteiger partial charge in [0.05, 0.1) is 12.5 Å². The number of nitrogens with one attached hydrogen (secondary N) is 4. The highest BCUT2D eigenvalue weighted by Crippen LogP contribution is 2.28. The fourth-order valence-corrected chi connectivity index (χ4v) is 3.87. The van der Waals surface area contributed by atoms with Gasteiger partial charge in [-0.05, 0) is 24.3 Å². The minimum Gasteiger partial charge on any atom is -0.464 e. The van der Waals surface area contributed by atoms with Crippen LogP contribution in [0, 0.1) is 0 Å².